The number of amides is 1. The van der Waals surface area contributed by atoms with Gasteiger partial charge in [-0.25, -0.2) is 0 Å². The Morgan fingerprint density at radius 2 is 2.27 bits per heavy atom. The van der Waals surface area contributed by atoms with E-state index in [9.17, 15) is 4.79 Å². The number of hydrogen-bond donors (Lipinski definition) is 2. The first kappa shape index (κ1) is 17.0. The van der Waals surface area contributed by atoms with Gasteiger partial charge >= 0.3 is 0 Å². The van der Waals surface area contributed by atoms with Gasteiger partial charge in [0.15, 0.2) is 5.82 Å². The highest BCUT2D eigenvalue weighted by atomic mass is 32.1. The minimum absolute atomic E-state index is 0.0319. The van der Waals surface area contributed by atoms with Gasteiger partial charge in [0, 0.05) is 29.8 Å². The first-order valence-corrected chi connectivity index (χ1v) is 9.81. The molecule has 1 aliphatic carbocycles. The highest BCUT2D eigenvalue weighted by molar-refractivity contribution is 7.09. The van der Waals surface area contributed by atoms with Crippen LogP contribution in [0.15, 0.2) is 22.0 Å². The number of nitrogens with one attached hydrogen (secondary N) is 2. The summed E-state index contributed by atoms with van der Waals surface area (Å²) < 4.78 is 5.20. The molecule has 0 atom stereocenters. The Morgan fingerprint density at radius 3 is 3.15 bits per heavy atom. The van der Waals surface area contributed by atoms with Crippen LogP contribution < -0.4 is 5.32 Å². The summed E-state index contributed by atoms with van der Waals surface area (Å²) in [6, 6.07) is 4.04. The Balaban J connectivity index is 1.24. The average Bonchev–Trinajstić information content (AvgIpc) is 3.40. The quantitative estimate of drug-likeness (QED) is 0.665. The van der Waals surface area contributed by atoms with Gasteiger partial charge in [0.05, 0.1) is 12.2 Å². The number of fused-ring (bicyclic) bond motifs is 1. The summed E-state index contributed by atoms with van der Waals surface area (Å²) in [6.07, 6.45) is 6.28. The molecule has 0 fully saturated rings. The third kappa shape index (κ3) is 4.01. The molecule has 7 nitrogen and oxygen atoms in total. The fourth-order valence-corrected chi connectivity index (χ4v) is 3.96. The highest BCUT2D eigenvalue weighted by Crippen LogP contribution is 2.22. The van der Waals surface area contributed by atoms with E-state index >= 15 is 0 Å². The number of carbonyl (C=O) groups is 1. The predicted molar refractivity (Wildman–Crippen MR) is 96.8 cm³/mol. The lowest BCUT2D eigenvalue weighted by atomic mass is 9.95. The van der Waals surface area contributed by atoms with E-state index in [0.717, 1.165) is 18.5 Å². The van der Waals surface area contributed by atoms with Crippen molar-refractivity contribution in [2.24, 2.45) is 0 Å². The Morgan fingerprint density at radius 1 is 1.35 bits per heavy atom. The summed E-state index contributed by atoms with van der Waals surface area (Å²) in [5, 5.41) is 16.3. The Kier molecular flexibility index (Phi) is 5.10. The van der Waals surface area contributed by atoms with Crippen LogP contribution in [0, 0.1) is 0 Å². The van der Waals surface area contributed by atoms with Crippen molar-refractivity contribution < 1.29 is 9.32 Å². The lowest BCUT2D eigenvalue weighted by Gasteiger charge is -2.10. The van der Waals surface area contributed by atoms with Crippen molar-refractivity contribution in [1.82, 2.24) is 25.7 Å². The minimum atomic E-state index is -0.0319. The van der Waals surface area contributed by atoms with Gasteiger partial charge in [0.25, 0.3) is 0 Å². The van der Waals surface area contributed by atoms with Crippen LogP contribution in [0.25, 0.3) is 0 Å². The molecule has 0 radical (unpaired) electrons. The third-order valence-electron chi connectivity index (χ3n) is 4.59. The van der Waals surface area contributed by atoms with Crippen LogP contribution in [-0.4, -0.2) is 26.2 Å². The van der Waals surface area contributed by atoms with E-state index in [2.05, 4.69) is 25.7 Å². The number of H-pyrrole nitrogens is 1. The van der Waals surface area contributed by atoms with Gasteiger partial charge in [0.1, 0.15) is 0 Å². The van der Waals surface area contributed by atoms with E-state index in [1.54, 1.807) is 11.3 Å². The van der Waals surface area contributed by atoms with Crippen molar-refractivity contribution in [3.05, 3.63) is 51.1 Å². The number of aryl methyl sites for hydroxylation is 2. The molecule has 3 aromatic heterocycles. The monoisotopic (exact) mass is 371 g/mol. The fourth-order valence-electron chi connectivity index (χ4n) is 3.25. The lowest BCUT2D eigenvalue weighted by Crippen LogP contribution is -2.23. The number of thiophene rings is 1. The number of aromatic nitrogens is 4. The first-order valence-electron chi connectivity index (χ1n) is 8.93. The van der Waals surface area contributed by atoms with Crippen LogP contribution in [0.1, 0.15) is 52.8 Å². The zero-order valence-corrected chi connectivity index (χ0v) is 15.3. The molecule has 136 valence electrons. The van der Waals surface area contributed by atoms with Gasteiger partial charge in [0.2, 0.25) is 11.8 Å². The number of rotatable bonds is 7. The van der Waals surface area contributed by atoms with Crippen molar-refractivity contribution in [3.63, 3.8) is 0 Å². The molecule has 26 heavy (non-hydrogen) atoms. The maximum atomic E-state index is 12.1. The average molecular weight is 371 g/mol. The zero-order valence-electron chi connectivity index (χ0n) is 14.5. The topological polar surface area (TPSA) is 96.7 Å². The number of carbonyl (C=O) groups excluding carboxylic acids is 1. The molecule has 0 bridgehead atoms. The SMILES string of the molecule is O=C(CCc1n[nH]c2c1CCCC2)NCc1nc(Cc2cccs2)no1. The standard InChI is InChI=1S/C18H21N5O2S/c24-17(8-7-15-13-5-1-2-6-14(13)21-22-15)19-11-18-20-16(23-25-18)10-12-4-3-9-26-12/h3-4,9H,1-2,5-8,10-11H2,(H,19,24)(H,21,22). The van der Waals surface area contributed by atoms with Gasteiger partial charge < -0.3 is 9.84 Å². The molecular formula is C18H21N5O2S. The Hall–Kier alpha value is -2.48. The van der Waals surface area contributed by atoms with E-state index in [1.165, 1.54) is 29.0 Å². The van der Waals surface area contributed by atoms with Crippen molar-refractivity contribution >= 4 is 17.2 Å². The van der Waals surface area contributed by atoms with E-state index in [0.29, 0.717) is 31.0 Å². The van der Waals surface area contributed by atoms with Gasteiger partial charge in [-0.3, -0.25) is 9.89 Å². The highest BCUT2D eigenvalue weighted by Gasteiger charge is 2.17. The van der Waals surface area contributed by atoms with Crippen LogP contribution in [0.2, 0.25) is 0 Å². The maximum Gasteiger partial charge on any atom is 0.246 e. The predicted octanol–water partition coefficient (Wildman–Crippen LogP) is 2.57. The van der Waals surface area contributed by atoms with E-state index in [4.69, 9.17) is 4.52 Å². The second-order valence-corrected chi connectivity index (χ2v) is 7.50. The largest absolute Gasteiger partial charge is 0.347 e. The van der Waals surface area contributed by atoms with E-state index in [1.807, 2.05) is 17.5 Å². The normalized spacial score (nSPS) is 13.5. The second-order valence-electron chi connectivity index (χ2n) is 6.47. The van der Waals surface area contributed by atoms with Crippen LogP contribution >= 0.6 is 11.3 Å². The van der Waals surface area contributed by atoms with E-state index < -0.39 is 0 Å². The van der Waals surface area contributed by atoms with Crippen LogP contribution in [0.5, 0.6) is 0 Å². The molecule has 0 saturated carbocycles. The van der Waals surface area contributed by atoms with Crippen molar-refractivity contribution in [2.45, 2.75) is 51.5 Å². The van der Waals surface area contributed by atoms with Crippen molar-refractivity contribution in [2.75, 3.05) is 0 Å². The molecule has 0 aliphatic heterocycles. The summed E-state index contributed by atoms with van der Waals surface area (Å²) in [5.41, 5.74) is 3.60. The van der Waals surface area contributed by atoms with E-state index in [-0.39, 0.29) is 12.5 Å². The molecule has 1 amide bonds. The molecule has 1 aliphatic rings. The number of nitrogens with zero attached hydrogens (tertiary/aromatic N) is 3. The molecule has 8 heteroatoms. The van der Waals surface area contributed by atoms with Gasteiger partial charge in [-0.1, -0.05) is 11.2 Å². The third-order valence-corrected chi connectivity index (χ3v) is 5.47. The molecule has 0 unspecified atom stereocenters. The van der Waals surface area contributed by atoms with Crippen molar-refractivity contribution in [1.29, 1.82) is 0 Å². The number of aromatic amines is 1. The summed E-state index contributed by atoms with van der Waals surface area (Å²) >= 11 is 1.66. The summed E-state index contributed by atoms with van der Waals surface area (Å²) in [5.74, 6) is 1.04. The molecule has 4 rings (SSSR count). The molecule has 3 heterocycles. The molecule has 0 spiro atoms. The molecular weight excluding hydrogens is 350 g/mol. The van der Waals surface area contributed by atoms with Gasteiger partial charge in [-0.15, -0.1) is 11.3 Å². The molecule has 2 N–H and O–H groups in total. The van der Waals surface area contributed by atoms with Gasteiger partial charge in [-0.2, -0.15) is 10.1 Å². The Labute approximate surface area is 155 Å². The zero-order chi connectivity index (χ0) is 17.8. The lowest BCUT2D eigenvalue weighted by molar-refractivity contribution is -0.121. The molecule has 0 aromatic carbocycles. The minimum Gasteiger partial charge on any atom is -0.347 e. The summed E-state index contributed by atoms with van der Waals surface area (Å²) in [6.45, 7) is 0.259. The second kappa shape index (κ2) is 7.82. The van der Waals surface area contributed by atoms with Gasteiger partial charge in [-0.05, 0) is 42.7 Å². The van der Waals surface area contributed by atoms with Crippen molar-refractivity contribution in [3.8, 4) is 0 Å². The fraction of sp³-hybridized carbons (Fsp3) is 0.444. The maximum absolute atomic E-state index is 12.1. The summed E-state index contributed by atoms with van der Waals surface area (Å²) in [4.78, 5) is 17.6. The van der Waals surface area contributed by atoms with Crippen LogP contribution in [0.3, 0.4) is 0 Å². The molecule has 0 saturated heterocycles. The van der Waals surface area contributed by atoms with Crippen LogP contribution in [-0.2, 0) is 37.0 Å². The summed E-state index contributed by atoms with van der Waals surface area (Å²) in [7, 11) is 0. The Bertz CT molecular complexity index is 868. The van der Waals surface area contributed by atoms with Crippen LogP contribution in [0.4, 0.5) is 0 Å². The number of hydrogen-bond acceptors (Lipinski definition) is 6. The molecule has 3 aromatic rings. The first-order chi connectivity index (χ1) is 12.8. The smallest absolute Gasteiger partial charge is 0.246 e.